The molecule has 0 spiro atoms. The fourth-order valence-corrected chi connectivity index (χ4v) is 1.98. The van der Waals surface area contributed by atoms with Crippen molar-refractivity contribution in [2.24, 2.45) is 5.92 Å². The standard InChI is InChI=1S/C14H20N4O/c1-4-13(19)12-5-6-17(8-12)9-14-15-10-16-18(14)7-11(2)3/h5-6,8,10-11H,4,7,9H2,1-3H3. The van der Waals surface area contributed by atoms with Gasteiger partial charge in [-0.2, -0.15) is 5.10 Å². The monoisotopic (exact) mass is 260 g/mol. The number of carbonyl (C=O) groups is 1. The molecule has 19 heavy (non-hydrogen) atoms. The molecule has 0 saturated carbocycles. The number of ketones is 1. The Balaban J connectivity index is 2.11. The first-order chi connectivity index (χ1) is 9.10. The molecule has 0 amide bonds. The van der Waals surface area contributed by atoms with Crippen molar-refractivity contribution in [3.8, 4) is 0 Å². The van der Waals surface area contributed by atoms with Gasteiger partial charge >= 0.3 is 0 Å². The average molecular weight is 260 g/mol. The zero-order valence-corrected chi connectivity index (χ0v) is 11.7. The van der Waals surface area contributed by atoms with Gasteiger partial charge in [0.2, 0.25) is 0 Å². The Hall–Kier alpha value is -1.91. The van der Waals surface area contributed by atoms with E-state index in [0.717, 1.165) is 17.9 Å². The quantitative estimate of drug-likeness (QED) is 0.749. The number of hydrogen-bond donors (Lipinski definition) is 0. The molecule has 0 N–H and O–H groups in total. The molecule has 0 unspecified atom stereocenters. The van der Waals surface area contributed by atoms with Crippen molar-refractivity contribution < 1.29 is 4.79 Å². The first-order valence-electron chi connectivity index (χ1n) is 6.65. The van der Waals surface area contributed by atoms with Crippen LogP contribution in [0.25, 0.3) is 0 Å². The fraction of sp³-hybridized carbons (Fsp3) is 0.500. The summed E-state index contributed by atoms with van der Waals surface area (Å²) in [4.78, 5) is 15.9. The Morgan fingerprint density at radius 3 is 2.89 bits per heavy atom. The zero-order valence-electron chi connectivity index (χ0n) is 11.7. The van der Waals surface area contributed by atoms with Gasteiger partial charge in [0.25, 0.3) is 0 Å². The van der Waals surface area contributed by atoms with E-state index >= 15 is 0 Å². The largest absolute Gasteiger partial charge is 0.346 e. The Bertz CT molecular complexity index is 553. The summed E-state index contributed by atoms with van der Waals surface area (Å²) < 4.78 is 3.90. The average Bonchev–Trinajstić information content (AvgIpc) is 2.99. The van der Waals surface area contributed by atoms with Crippen LogP contribution in [0.3, 0.4) is 0 Å². The van der Waals surface area contributed by atoms with Gasteiger partial charge in [0.05, 0.1) is 6.54 Å². The van der Waals surface area contributed by atoms with E-state index in [1.54, 1.807) is 6.33 Å². The SMILES string of the molecule is CCC(=O)c1ccn(Cc2ncnn2CC(C)C)c1. The van der Waals surface area contributed by atoms with Crippen molar-refractivity contribution in [1.29, 1.82) is 0 Å². The summed E-state index contributed by atoms with van der Waals surface area (Å²) in [5, 5.41) is 4.24. The molecule has 0 aliphatic heterocycles. The normalized spacial score (nSPS) is 11.2. The second-order valence-corrected chi connectivity index (χ2v) is 5.10. The molecule has 102 valence electrons. The van der Waals surface area contributed by atoms with Crippen molar-refractivity contribution in [2.45, 2.75) is 40.3 Å². The van der Waals surface area contributed by atoms with E-state index in [9.17, 15) is 4.79 Å². The molecule has 0 saturated heterocycles. The molecule has 5 nitrogen and oxygen atoms in total. The summed E-state index contributed by atoms with van der Waals surface area (Å²) in [6.07, 6.45) is 5.91. The lowest BCUT2D eigenvalue weighted by atomic mass is 10.2. The summed E-state index contributed by atoms with van der Waals surface area (Å²) in [6, 6.07) is 1.86. The molecule has 0 aliphatic carbocycles. The highest BCUT2D eigenvalue weighted by molar-refractivity contribution is 5.95. The molecular formula is C14H20N4O. The van der Waals surface area contributed by atoms with Crippen molar-refractivity contribution in [1.82, 2.24) is 19.3 Å². The Labute approximate surface area is 113 Å². The predicted molar refractivity (Wildman–Crippen MR) is 73.0 cm³/mol. The number of hydrogen-bond acceptors (Lipinski definition) is 3. The van der Waals surface area contributed by atoms with Gasteiger partial charge in [-0.25, -0.2) is 9.67 Å². The first-order valence-corrected chi connectivity index (χ1v) is 6.65. The number of aromatic nitrogens is 4. The Morgan fingerprint density at radius 2 is 2.21 bits per heavy atom. The van der Waals surface area contributed by atoms with E-state index in [2.05, 4.69) is 23.9 Å². The summed E-state index contributed by atoms with van der Waals surface area (Å²) in [5.74, 6) is 1.62. The highest BCUT2D eigenvalue weighted by Gasteiger charge is 2.09. The maximum Gasteiger partial charge on any atom is 0.164 e. The second-order valence-electron chi connectivity index (χ2n) is 5.10. The van der Waals surface area contributed by atoms with Crippen LogP contribution >= 0.6 is 0 Å². The summed E-state index contributed by atoms with van der Waals surface area (Å²) >= 11 is 0. The number of nitrogens with zero attached hydrogens (tertiary/aromatic N) is 4. The van der Waals surface area contributed by atoms with Crippen LogP contribution in [0.15, 0.2) is 24.8 Å². The molecular weight excluding hydrogens is 240 g/mol. The van der Waals surface area contributed by atoms with Crippen LogP contribution in [-0.2, 0) is 13.1 Å². The van der Waals surface area contributed by atoms with E-state index in [0.29, 0.717) is 18.9 Å². The molecule has 0 fully saturated rings. The summed E-state index contributed by atoms with van der Waals surface area (Å²) in [6.45, 7) is 7.68. The third-order valence-electron chi connectivity index (χ3n) is 2.95. The molecule has 2 aromatic rings. The van der Waals surface area contributed by atoms with Crippen molar-refractivity contribution in [2.75, 3.05) is 0 Å². The molecule has 5 heteroatoms. The lowest BCUT2D eigenvalue weighted by molar-refractivity contribution is 0.0988. The maximum absolute atomic E-state index is 11.6. The predicted octanol–water partition coefficient (Wildman–Crippen LogP) is 2.38. The minimum absolute atomic E-state index is 0.169. The number of rotatable bonds is 6. The van der Waals surface area contributed by atoms with Crippen LogP contribution in [0.5, 0.6) is 0 Å². The third kappa shape index (κ3) is 3.30. The van der Waals surface area contributed by atoms with E-state index in [1.165, 1.54) is 0 Å². The van der Waals surface area contributed by atoms with E-state index < -0.39 is 0 Å². The van der Waals surface area contributed by atoms with Crippen LogP contribution in [0.2, 0.25) is 0 Å². The van der Waals surface area contributed by atoms with E-state index in [-0.39, 0.29) is 5.78 Å². The van der Waals surface area contributed by atoms with Gasteiger partial charge in [-0.15, -0.1) is 0 Å². The number of carbonyl (C=O) groups excluding carboxylic acids is 1. The van der Waals surface area contributed by atoms with Crippen LogP contribution in [-0.4, -0.2) is 25.1 Å². The minimum atomic E-state index is 0.169. The van der Waals surface area contributed by atoms with Gasteiger partial charge < -0.3 is 4.57 Å². The lowest BCUT2D eigenvalue weighted by Gasteiger charge is -2.08. The fourth-order valence-electron chi connectivity index (χ4n) is 1.98. The van der Waals surface area contributed by atoms with Crippen LogP contribution in [0.4, 0.5) is 0 Å². The zero-order chi connectivity index (χ0) is 13.8. The summed E-state index contributed by atoms with van der Waals surface area (Å²) in [5.41, 5.74) is 0.762. The molecule has 2 heterocycles. The molecule has 0 atom stereocenters. The Kier molecular flexibility index (Phi) is 4.14. The van der Waals surface area contributed by atoms with Gasteiger partial charge in [-0.3, -0.25) is 4.79 Å². The van der Waals surface area contributed by atoms with E-state index in [4.69, 9.17) is 0 Å². The smallest absolute Gasteiger partial charge is 0.164 e. The molecule has 0 bridgehead atoms. The lowest BCUT2D eigenvalue weighted by Crippen LogP contribution is -2.12. The van der Waals surface area contributed by atoms with E-state index in [1.807, 2.05) is 34.6 Å². The molecule has 0 radical (unpaired) electrons. The van der Waals surface area contributed by atoms with Gasteiger partial charge in [0, 0.05) is 30.9 Å². The number of Topliss-reactive ketones (excluding diaryl/α,β-unsaturated/α-hetero) is 1. The summed E-state index contributed by atoms with van der Waals surface area (Å²) in [7, 11) is 0. The molecule has 2 aromatic heterocycles. The van der Waals surface area contributed by atoms with Crippen molar-refractivity contribution >= 4 is 5.78 Å². The molecule has 0 aliphatic rings. The van der Waals surface area contributed by atoms with Crippen molar-refractivity contribution in [3.05, 3.63) is 36.2 Å². The van der Waals surface area contributed by atoms with Crippen molar-refractivity contribution in [3.63, 3.8) is 0 Å². The molecule has 2 rings (SSSR count). The molecule has 0 aromatic carbocycles. The third-order valence-corrected chi connectivity index (χ3v) is 2.95. The second kappa shape index (κ2) is 5.82. The first kappa shape index (κ1) is 13.5. The highest BCUT2D eigenvalue weighted by atomic mass is 16.1. The maximum atomic E-state index is 11.6. The van der Waals surface area contributed by atoms with Crippen LogP contribution < -0.4 is 0 Å². The Morgan fingerprint density at radius 1 is 1.42 bits per heavy atom. The topological polar surface area (TPSA) is 52.7 Å². The minimum Gasteiger partial charge on any atom is -0.346 e. The van der Waals surface area contributed by atoms with Gasteiger partial charge in [0.1, 0.15) is 12.2 Å². The van der Waals surface area contributed by atoms with Gasteiger partial charge in [-0.1, -0.05) is 20.8 Å². The van der Waals surface area contributed by atoms with Crippen LogP contribution in [0, 0.1) is 5.92 Å². The van der Waals surface area contributed by atoms with Crippen LogP contribution in [0.1, 0.15) is 43.4 Å². The van der Waals surface area contributed by atoms with Gasteiger partial charge in [0.15, 0.2) is 5.78 Å². The van der Waals surface area contributed by atoms with Gasteiger partial charge in [-0.05, 0) is 12.0 Å². The highest BCUT2D eigenvalue weighted by Crippen LogP contribution is 2.08.